The number of carbonyl (C=O) groups excluding carboxylic acids is 2. The summed E-state index contributed by atoms with van der Waals surface area (Å²) < 4.78 is 7.23. The molecule has 3 rings (SSSR count). The molecule has 0 aliphatic carbocycles. The molecular weight excluding hydrogens is 344 g/mol. The molecular formula is C20H20N4O3. The summed E-state index contributed by atoms with van der Waals surface area (Å²) in [5, 5.41) is 4.14. The third-order valence-electron chi connectivity index (χ3n) is 3.89. The molecule has 0 aliphatic rings. The first-order valence-corrected chi connectivity index (χ1v) is 8.46. The molecule has 0 bridgehead atoms. The van der Waals surface area contributed by atoms with Crippen LogP contribution in [-0.2, 0) is 11.3 Å². The van der Waals surface area contributed by atoms with Gasteiger partial charge in [0.05, 0.1) is 6.54 Å². The smallest absolute Gasteiger partial charge is 0.276 e. The minimum Gasteiger partial charge on any atom is -0.483 e. The van der Waals surface area contributed by atoms with Gasteiger partial charge in [-0.1, -0.05) is 30.3 Å². The van der Waals surface area contributed by atoms with Crippen LogP contribution in [0.15, 0.2) is 67.0 Å². The normalized spacial score (nSPS) is 10.3. The maximum absolute atomic E-state index is 12.1. The first kappa shape index (κ1) is 18.2. The molecule has 1 heterocycles. The van der Waals surface area contributed by atoms with Crippen molar-refractivity contribution in [3.63, 3.8) is 0 Å². The largest absolute Gasteiger partial charge is 0.483 e. The number of para-hydroxylation sites is 1. The van der Waals surface area contributed by atoms with E-state index in [-0.39, 0.29) is 6.61 Å². The van der Waals surface area contributed by atoms with Crippen molar-refractivity contribution >= 4 is 11.8 Å². The van der Waals surface area contributed by atoms with Gasteiger partial charge in [0.25, 0.3) is 11.8 Å². The molecule has 0 radical (unpaired) electrons. The number of nitrogens with one attached hydrogen (secondary N) is 2. The molecule has 138 valence electrons. The fraction of sp³-hybridized carbons (Fsp3) is 0.150. The molecule has 7 nitrogen and oxygen atoms in total. The number of nitrogens with zero attached hydrogens (tertiary/aromatic N) is 2. The van der Waals surface area contributed by atoms with Crippen molar-refractivity contribution in [1.82, 2.24) is 20.6 Å². The lowest BCUT2D eigenvalue weighted by Gasteiger charge is -2.10. The number of rotatable bonds is 6. The number of benzene rings is 2. The fourth-order valence-corrected chi connectivity index (χ4v) is 2.44. The molecule has 0 atom stereocenters. The molecule has 2 aromatic carbocycles. The number of hydrogen-bond acceptors (Lipinski definition) is 4. The quantitative estimate of drug-likeness (QED) is 0.656. The summed E-state index contributed by atoms with van der Waals surface area (Å²) in [6, 6.07) is 16.3. The van der Waals surface area contributed by atoms with Gasteiger partial charge in [-0.05, 0) is 42.3 Å². The van der Waals surface area contributed by atoms with Gasteiger partial charge in [-0.25, -0.2) is 0 Å². The van der Waals surface area contributed by atoms with E-state index in [4.69, 9.17) is 4.74 Å². The van der Waals surface area contributed by atoms with Crippen molar-refractivity contribution in [2.24, 2.45) is 0 Å². The number of ether oxygens (including phenoxy) is 1. The van der Waals surface area contributed by atoms with Crippen LogP contribution in [0.3, 0.4) is 0 Å². The molecule has 0 aliphatic heterocycles. The molecule has 2 N–H and O–H groups in total. The molecule has 0 unspecified atom stereocenters. The number of aryl methyl sites for hydroxylation is 1. The second-order valence-corrected chi connectivity index (χ2v) is 5.96. The van der Waals surface area contributed by atoms with E-state index in [2.05, 4.69) is 16.0 Å². The van der Waals surface area contributed by atoms with E-state index >= 15 is 0 Å². The molecule has 27 heavy (non-hydrogen) atoms. The summed E-state index contributed by atoms with van der Waals surface area (Å²) in [4.78, 5) is 24.0. The minimum absolute atomic E-state index is 0.187. The van der Waals surface area contributed by atoms with E-state index in [9.17, 15) is 9.59 Å². The Kier molecular flexibility index (Phi) is 5.84. The minimum atomic E-state index is -0.443. The highest BCUT2D eigenvalue weighted by Gasteiger charge is 2.09. The number of carbonyl (C=O) groups is 2. The highest BCUT2D eigenvalue weighted by Crippen LogP contribution is 2.15. The third-order valence-corrected chi connectivity index (χ3v) is 3.89. The zero-order valence-corrected chi connectivity index (χ0v) is 14.9. The van der Waals surface area contributed by atoms with Crippen molar-refractivity contribution in [3.8, 4) is 5.75 Å². The van der Waals surface area contributed by atoms with E-state index in [1.54, 1.807) is 29.1 Å². The SMILES string of the molecule is Cc1ccccc1OCC(=O)NNC(=O)c1ccc(Cn2cccn2)cc1. The van der Waals surface area contributed by atoms with Gasteiger partial charge in [0, 0.05) is 18.0 Å². The van der Waals surface area contributed by atoms with Crippen LogP contribution in [0.2, 0.25) is 0 Å². The topological polar surface area (TPSA) is 85.3 Å². The maximum Gasteiger partial charge on any atom is 0.276 e. The van der Waals surface area contributed by atoms with Gasteiger partial charge in [0.15, 0.2) is 6.61 Å². The highest BCUT2D eigenvalue weighted by molar-refractivity contribution is 5.95. The van der Waals surface area contributed by atoms with Crippen molar-refractivity contribution in [1.29, 1.82) is 0 Å². The number of hydrazine groups is 1. The van der Waals surface area contributed by atoms with Crippen LogP contribution >= 0.6 is 0 Å². The molecule has 0 fully saturated rings. The summed E-state index contributed by atoms with van der Waals surface area (Å²) in [5.74, 6) is -0.210. The number of hydrogen-bond donors (Lipinski definition) is 2. The fourth-order valence-electron chi connectivity index (χ4n) is 2.44. The Hall–Kier alpha value is -3.61. The lowest BCUT2D eigenvalue weighted by molar-refractivity contribution is -0.123. The second-order valence-electron chi connectivity index (χ2n) is 5.96. The van der Waals surface area contributed by atoms with Gasteiger partial charge in [0.1, 0.15) is 5.75 Å². The number of aromatic nitrogens is 2. The Morgan fingerprint density at radius 3 is 2.52 bits per heavy atom. The van der Waals surface area contributed by atoms with Gasteiger partial charge in [-0.15, -0.1) is 0 Å². The van der Waals surface area contributed by atoms with Gasteiger partial charge < -0.3 is 4.74 Å². The second kappa shape index (κ2) is 8.66. The van der Waals surface area contributed by atoms with E-state index in [0.29, 0.717) is 17.9 Å². The van der Waals surface area contributed by atoms with Crippen LogP contribution in [-0.4, -0.2) is 28.2 Å². The average Bonchev–Trinajstić information content (AvgIpc) is 3.19. The predicted molar refractivity (Wildman–Crippen MR) is 100 cm³/mol. The molecule has 1 aromatic heterocycles. The zero-order valence-electron chi connectivity index (χ0n) is 14.9. The van der Waals surface area contributed by atoms with Gasteiger partial charge in [-0.2, -0.15) is 5.10 Å². The average molecular weight is 364 g/mol. The summed E-state index contributed by atoms with van der Waals surface area (Å²) in [5.41, 5.74) is 7.12. The van der Waals surface area contributed by atoms with Crippen molar-refractivity contribution in [2.45, 2.75) is 13.5 Å². The van der Waals surface area contributed by atoms with Crippen LogP contribution in [0.5, 0.6) is 5.75 Å². The van der Waals surface area contributed by atoms with Crippen LogP contribution in [0, 0.1) is 6.92 Å². The molecule has 0 spiro atoms. The molecule has 2 amide bonds. The van der Waals surface area contributed by atoms with Crippen molar-refractivity contribution in [3.05, 3.63) is 83.7 Å². The van der Waals surface area contributed by atoms with Crippen molar-refractivity contribution in [2.75, 3.05) is 6.61 Å². The first-order valence-electron chi connectivity index (χ1n) is 8.46. The van der Waals surface area contributed by atoms with Crippen LogP contribution < -0.4 is 15.6 Å². The summed E-state index contributed by atoms with van der Waals surface area (Å²) >= 11 is 0. The summed E-state index contributed by atoms with van der Waals surface area (Å²) in [7, 11) is 0. The van der Waals surface area contributed by atoms with Gasteiger partial charge in [-0.3, -0.25) is 25.1 Å². The number of amides is 2. The van der Waals surface area contributed by atoms with Gasteiger partial charge in [0.2, 0.25) is 0 Å². The van der Waals surface area contributed by atoms with E-state index < -0.39 is 11.8 Å². The lowest BCUT2D eigenvalue weighted by Crippen LogP contribution is -2.43. The Morgan fingerprint density at radius 2 is 1.81 bits per heavy atom. The Morgan fingerprint density at radius 1 is 1.04 bits per heavy atom. The van der Waals surface area contributed by atoms with Crippen molar-refractivity contribution < 1.29 is 14.3 Å². The summed E-state index contributed by atoms with van der Waals surface area (Å²) in [6.45, 7) is 2.33. The molecule has 3 aromatic rings. The van der Waals surface area contributed by atoms with Crippen LogP contribution in [0.1, 0.15) is 21.5 Å². The third kappa shape index (κ3) is 5.18. The van der Waals surface area contributed by atoms with E-state index in [1.807, 2.05) is 49.5 Å². The maximum atomic E-state index is 12.1. The highest BCUT2D eigenvalue weighted by atomic mass is 16.5. The predicted octanol–water partition coefficient (Wildman–Crippen LogP) is 2.08. The Balaban J connectivity index is 1.45. The van der Waals surface area contributed by atoms with E-state index in [1.165, 1.54) is 0 Å². The zero-order chi connectivity index (χ0) is 19.1. The van der Waals surface area contributed by atoms with Crippen LogP contribution in [0.4, 0.5) is 0 Å². The Labute approximate surface area is 156 Å². The van der Waals surface area contributed by atoms with Gasteiger partial charge >= 0.3 is 0 Å². The standard InChI is InChI=1S/C20H20N4O3/c1-15-5-2-3-6-18(15)27-14-19(25)22-23-20(26)17-9-7-16(8-10-17)13-24-12-4-11-21-24/h2-12H,13-14H2,1H3,(H,22,25)(H,23,26). The monoisotopic (exact) mass is 364 g/mol. The van der Waals surface area contributed by atoms with Crippen LogP contribution in [0.25, 0.3) is 0 Å². The lowest BCUT2D eigenvalue weighted by atomic mass is 10.1. The Bertz CT molecular complexity index is 905. The summed E-state index contributed by atoms with van der Waals surface area (Å²) in [6.07, 6.45) is 3.59. The molecule has 0 saturated carbocycles. The molecule has 7 heteroatoms. The van der Waals surface area contributed by atoms with E-state index in [0.717, 1.165) is 11.1 Å². The first-order chi connectivity index (χ1) is 13.1. The molecule has 0 saturated heterocycles.